The Morgan fingerprint density at radius 1 is 1.27 bits per heavy atom. The van der Waals surface area contributed by atoms with Gasteiger partial charge in [0, 0.05) is 24.0 Å². The van der Waals surface area contributed by atoms with Crippen molar-refractivity contribution >= 4 is 28.6 Å². The molecule has 8 nitrogen and oxygen atoms in total. The zero-order chi connectivity index (χ0) is 18.5. The molecular weight excluding hydrogens is 354 g/mol. The smallest absolute Gasteiger partial charge is 0.292 e. The SMILES string of the molecule is Cc1ccc(-c2cc(C(=O)NCCNc3ccccc3[N+](=O)[O-])n[nH]2)s1. The summed E-state index contributed by atoms with van der Waals surface area (Å²) in [5.74, 6) is -0.301. The molecular formula is C17H17N5O3S. The van der Waals surface area contributed by atoms with E-state index in [1.54, 1.807) is 35.6 Å². The lowest BCUT2D eigenvalue weighted by Crippen LogP contribution is -2.29. The summed E-state index contributed by atoms with van der Waals surface area (Å²) in [5.41, 5.74) is 1.52. The first-order chi connectivity index (χ1) is 12.5. The van der Waals surface area contributed by atoms with Gasteiger partial charge in [-0.3, -0.25) is 20.0 Å². The molecule has 0 radical (unpaired) electrons. The second-order valence-corrected chi connectivity index (χ2v) is 6.82. The van der Waals surface area contributed by atoms with E-state index in [9.17, 15) is 14.9 Å². The third kappa shape index (κ3) is 4.06. The van der Waals surface area contributed by atoms with Crippen LogP contribution in [0.2, 0.25) is 0 Å². The fourth-order valence-corrected chi connectivity index (χ4v) is 3.22. The number of amides is 1. The number of hydrogen-bond donors (Lipinski definition) is 3. The number of aromatic nitrogens is 2. The summed E-state index contributed by atoms with van der Waals surface area (Å²) in [5, 5.41) is 23.5. The number of nitrogens with zero attached hydrogens (tertiary/aromatic N) is 2. The lowest BCUT2D eigenvalue weighted by atomic mass is 10.2. The van der Waals surface area contributed by atoms with Gasteiger partial charge < -0.3 is 10.6 Å². The molecule has 0 bridgehead atoms. The standard InChI is InChI=1S/C17H17N5O3S/c1-11-6-7-16(26-11)13-10-14(21-20-13)17(23)19-9-8-18-12-4-2-3-5-15(12)22(24)25/h2-7,10,18H,8-9H2,1H3,(H,19,23)(H,20,21). The molecule has 9 heteroatoms. The molecule has 0 saturated carbocycles. The zero-order valence-electron chi connectivity index (χ0n) is 14.0. The highest BCUT2D eigenvalue weighted by atomic mass is 32.1. The maximum Gasteiger partial charge on any atom is 0.292 e. The molecule has 0 aliphatic carbocycles. The first kappa shape index (κ1) is 17.6. The largest absolute Gasteiger partial charge is 0.378 e. The number of rotatable bonds is 7. The third-order valence-electron chi connectivity index (χ3n) is 3.64. The average Bonchev–Trinajstić information content (AvgIpc) is 3.27. The van der Waals surface area contributed by atoms with Crippen LogP contribution in [0.25, 0.3) is 10.6 Å². The Kier molecular flexibility index (Phi) is 5.28. The molecule has 3 rings (SSSR count). The zero-order valence-corrected chi connectivity index (χ0v) is 14.8. The Bertz CT molecular complexity index is 934. The van der Waals surface area contributed by atoms with E-state index >= 15 is 0 Å². The highest BCUT2D eigenvalue weighted by Crippen LogP contribution is 2.26. The van der Waals surface area contributed by atoms with Crippen LogP contribution in [0.15, 0.2) is 42.5 Å². The van der Waals surface area contributed by atoms with Crippen LogP contribution in [0.4, 0.5) is 11.4 Å². The van der Waals surface area contributed by atoms with Gasteiger partial charge in [0.05, 0.1) is 15.5 Å². The van der Waals surface area contributed by atoms with Gasteiger partial charge in [-0.1, -0.05) is 12.1 Å². The Hall–Kier alpha value is -3.20. The number of H-pyrrole nitrogens is 1. The van der Waals surface area contributed by atoms with Crippen molar-refractivity contribution in [1.29, 1.82) is 0 Å². The number of aryl methyl sites for hydroxylation is 1. The minimum atomic E-state index is -0.446. The second-order valence-electron chi connectivity index (χ2n) is 5.53. The molecule has 3 N–H and O–H groups in total. The molecule has 0 fully saturated rings. The van der Waals surface area contributed by atoms with Crippen LogP contribution >= 0.6 is 11.3 Å². The van der Waals surface area contributed by atoms with Crippen molar-refractivity contribution in [3.63, 3.8) is 0 Å². The Labute approximate surface area is 153 Å². The molecule has 0 saturated heterocycles. The highest BCUT2D eigenvalue weighted by Gasteiger charge is 2.13. The van der Waals surface area contributed by atoms with E-state index in [-0.39, 0.29) is 11.6 Å². The van der Waals surface area contributed by atoms with E-state index in [0.29, 0.717) is 24.5 Å². The van der Waals surface area contributed by atoms with Crippen molar-refractivity contribution in [2.45, 2.75) is 6.92 Å². The number of nitro benzene ring substituents is 1. The number of carbonyl (C=O) groups excluding carboxylic acids is 1. The summed E-state index contributed by atoms with van der Waals surface area (Å²) in [6, 6.07) is 12.1. The van der Waals surface area contributed by atoms with Gasteiger partial charge in [0.15, 0.2) is 5.69 Å². The molecule has 0 spiro atoms. The summed E-state index contributed by atoms with van der Waals surface area (Å²) >= 11 is 1.62. The van der Waals surface area contributed by atoms with Gasteiger partial charge in [-0.2, -0.15) is 5.10 Å². The van der Waals surface area contributed by atoms with Crippen LogP contribution in [0.5, 0.6) is 0 Å². The van der Waals surface area contributed by atoms with E-state index in [0.717, 1.165) is 10.6 Å². The maximum atomic E-state index is 12.2. The average molecular weight is 371 g/mol. The van der Waals surface area contributed by atoms with E-state index in [4.69, 9.17) is 0 Å². The minimum Gasteiger partial charge on any atom is -0.378 e. The fourth-order valence-electron chi connectivity index (χ4n) is 2.39. The monoisotopic (exact) mass is 371 g/mol. The van der Waals surface area contributed by atoms with Crippen molar-refractivity contribution in [1.82, 2.24) is 15.5 Å². The number of nitrogens with one attached hydrogen (secondary N) is 3. The number of para-hydroxylation sites is 2. The maximum absolute atomic E-state index is 12.2. The van der Waals surface area contributed by atoms with E-state index < -0.39 is 4.92 Å². The van der Waals surface area contributed by atoms with Gasteiger partial charge in [0.25, 0.3) is 11.6 Å². The fraction of sp³-hybridized carbons (Fsp3) is 0.176. The molecule has 1 aromatic carbocycles. The molecule has 0 aliphatic heterocycles. The van der Waals surface area contributed by atoms with Crippen LogP contribution < -0.4 is 10.6 Å². The van der Waals surface area contributed by atoms with Crippen molar-refractivity contribution in [3.8, 4) is 10.6 Å². The number of carbonyl (C=O) groups is 1. The van der Waals surface area contributed by atoms with E-state index in [1.807, 2.05) is 19.1 Å². The number of thiophene rings is 1. The Balaban J connectivity index is 1.52. The van der Waals surface area contributed by atoms with Gasteiger partial charge in [0.1, 0.15) is 5.69 Å². The van der Waals surface area contributed by atoms with Gasteiger partial charge in [-0.05, 0) is 31.2 Å². The van der Waals surface area contributed by atoms with Gasteiger partial charge in [0.2, 0.25) is 0 Å². The second kappa shape index (κ2) is 7.79. The van der Waals surface area contributed by atoms with Crippen LogP contribution in [-0.4, -0.2) is 34.1 Å². The normalized spacial score (nSPS) is 10.5. The summed E-state index contributed by atoms with van der Waals surface area (Å²) in [6.07, 6.45) is 0. The predicted molar refractivity (Wildman–Crippen MR) is 101 cm³/mol. The molecule has 1 amide bonds. The topological polar surface area (TPSA) is 113 Å². The molecule has 2 aromatic heterocycles. The van der Waals surface area contributed by atoms with Crippen LogP contribution in [-0.2, 0) is 0 Å². The quantitative estimate of drug-likeness (QED) is 0.335. The molecule has 3 aromatic rings. The van der Waals surface area contributed by atoms with Crippen molar-refractivity contribution in [2.24, 2.45) is 0 Å². The number of aromatic amines is 1. The van der Waals surface area contributed by atoms with Gasteiger partial charge >= 0.3 is 0 Å². The van der Waals surface area contributed by atoms with Gasteiger partial charge in [-0.25, -0.2) is 0 Å². The highest BCUT2D eigenvalue weighted by molar-refractivity contribution is 7.15. The van der Waals surface area contributed by atoms with Crippen molar-refractivity contribution in [2.75, 3.05) is 18.4 Å². The summed E-state index contributed by atoms with van der Waals surface area (Å²) in [7, 11) is 0. The molecule has 26 heavy (non-hydrogen) atoms. The lowest BCUT2D eigenvalue weighted by molar-refractivity contribution is -0.384. The first-order valence-corrected chi connectivity index (χ1v) is 8.74. The number of nitro groups is 1. The molecule has 0 aliphatic rings. The van der Waals surface area contributed by atoms with Crippen LogP contribution in [0, 0.1) is 17.0 Å². The van der Waals surface area contributed by atoms with Crippen LogP contribution in [0.3, 0.4) is 0 Å². The Morgan fingerprint density at radius 2 is 2.08 bits per heavy atom. The lowest BCUT2D eigenvalue weighted by Gasteiger charge is -2.07. The van der Waals surface area contributed by atoms with E-state index in [2.05, 4.69) is 20.8 Å². The predicted octanol–water partition coefficient (Wildman–Crippen LogP) is 3.20. The Morgan fingerprint density at radius 3 is 2.81 bits per heavy atom. The van der Waals surface area contributed by atoms with Crippen LogP contribution in [0.1, 0.15) is 15.4 Å². The third-order valence-corrected chi connectivity index (χ3v) is 4.68. The summed E-state index contributed by atoms with van der Waals surface area (Å²) < 4.78 is 0. The number of hydrogen-bond acceptors (Lipinski definition) is 6. The molecule has 0 atom stereocenters. The van der Waals surface area contributed by atoms with Crippen molar-refractivity contribution < 1.29 is 9.72 Å². The summed E-state index contributed by atoms with van der Waals surface area (Å²) in [4.78, 5) is 24.9. The number of anilines is 1. The van der Waals surface area contributed by atoms with Gasteiger partial charge in [-0.15, -0.1) is 11.3 Å². The van der Waals surface area contributed by atoms with Crippen molar-refractivity contribution in [3.05, 3.63) is 63.1 Å². The summed E-state index contributed by atoms with van der Waals surface area (Å²) in [6.45, 7) is 2.69. The van der Waals surface area contributed by atoms with E-state index in [1.165, 1.54) is 10.9 Å². The minimum absolute atomic E-state index is 0.00186. The molecule has 134 valence electrons. The number of benzene rings is 1. The molecule has 0 unspecified atom stereocenters. The first-order valence-electron chi connectivity index (χ1n) is 7.92. The molecule has 2 heterocycles.